The van der Waals surface area contributed by atoms with Gasteiger partial charge in [0, 0.05) is 26.9 Å². The highest BCUT2D eigenvalue weighted by Gasteiger charge is 2.40. The monoisotopic (exact) mass is 515 g/mol. The van der Waals surface area contributed by atoms with E-state index in [1.54, 1.807) is 0 Å². The zero-order chi connectivity index (χ0) is 26.1. The Labute approximate surface area is 234 Å². The third-order valence-electron chi connectivity index (χ3n) is 8.24. The Morgan fingerprint density at radius 1 is 0.590 bits per heavy atom. The van der Waals surface area contributed by atoms with E-state index >= 15 is 0 Å². The first kappa shape index (κ1) is 22.7. The molecule has 2 heterocycles. The van der Waals surface area contributed by atoms with Gasteiger partial charge in [-0.2, -0.15) is 0 Å². The topological polar surface area (TPSA) is 3.24 Å². The minimum atomic E-state index is 0.214. The van der Waals surface area contributed by atoms with Crippen molar-refractivity contribution in [2.75, 3.05) is 4.90 Å². The molecule has 0 amide bonds. The standard InChI is InChI=1S/C36H26BNS/c1-23-13-17-27(18-14-23)38-32-20-15-24(2)21-31(32)37-30-19-16-26(29-10-5-8-25-7-3-4-9-28(25)29)22-35(30)39-34-12-6-11-33(38)36(34)37/h3-22H,1-2H3. The highest BCUT2D eigenvalue weighted by Crippen LogP contribution is 2.42. The van der Waals surface area contributed by atoms with Gasteiger partial charge in [-0.25, -0.2) is 0 Å². The van der Waals surface area contributed by atoms with Crippen molar-refractivity contribution in [1.29, 1.82) is 0 Å². The summed E-state index contributed by atoms with van der Waals surface area (Å²) in [4.78, 5) is 5.16. The van der Waals surface area contributed by atoms with E-state index in [2.05, 4.69) is 140 Å². The van der Waals surface area contributed by atoms with E-state index in [1.165, 1.54) is 76.3 Å². The Morgan fingerprint density at radius 3 is 2.28 bits per heavy atom. The number of anilines is 3. The summed E-state index contributed by atoms with van der Waals surface area (Å²) in [5.41, 5.74) is 13.1. The zero-order valence-corrected chi connectivity index (χ0v) is 22.8. The second kappa shape index (κ2) is 8.66. The molecule has 0 aliphatic carbocycles. The van der Waals surface area contributed by atoms with Gasteiger partial charge in [0.2, 0.25) is 6.71 Å². The molecule has 0 N–H and O–H groups in total. The minimum absolute atomic E-state index is 0.214. The van der Waals surface area contributed by atoms with Crippen LogP contribution in [0.4, 0.5) is 17.1 Å². The fourth-order valence-corrected chi connectivity index (χ4v) is 7.63. The highest BCUT2D eigenvalue weighted by molar-refractivity contribution is 8.00. The Balaban J connectivity index is 1.34. The van der Waals surface area contributed by atoms with Crippen LogP contribution in [0.15, 0.2) is 131 Å². The molecule has 2 aliphatic rings. The van der Waals surface area contributed by atoms with Crippen LogP contribution in [0.3, 0.4) is 0 Å². The van der Waals surface area contributed by atoms with E-state index in [0.717, 1.165) is 0 Å². The molecule has 0 bridgehead atoms. The summed E-state index contributed by atoms with van der Waals surface area (Å²) in [6, 6.07) is 45.1. The van der Waals surface area contributed by atoms with Gasteiger partial charge in [-0.05, 0) is 83.1 Å². The van der Waals surface area contributed by atoms with Gasteiger partial charge in [0.15, 0.2) is 0 Å². The molecular formula is C36H26BNS. The highest BCUT2D eigenvalue weighted by atomic mass is 32.2. The Bertz CT molecular complexity index is 1920. The quantitative estimate of drug-likeness (QED) is 0.216. The fraction of sp³-hybridized carbons (Fsp3) is 0.0556. The molecule has 6 aromatic rings. The third-order valence-corrected chi connectivity index (χ3v) is 9.39. The summed E-state index contributed by atoms with van der Waals surface area (Å²) in [5.74, 6) is 0. The predicted octanol–water partition coefficient (Wildman–Crippen LogP) is 7.89. The second-order valence-corrected chi connectivity index (χ2v) is 11.8. The lowest BCUT2D eigenvalue weighted by atomic mass is 9.34. The molecule has 2 aliphatic heterocycles. The van der Waals surface area contributed by atoms with Crippen LogP contribution in [0.1, 0.15) is 11.1 Å². The number of nitrogens with zero attached hydrogens (tertiary/aromatic N) is 1. The van der Waals surface area contributed by atoms with Gasteiger partial charge in [-0.3, -0.25) is 0 Å². The molecule has 184 valence electrons. The maximum absolute atomic E-state index is 2.46. The van der Waals surface area contributed by atoms with Gasteiger partial charge in [0.25, 0.3) is 0 Å². The lowest BCUT2D eigenvalue weighted by molar-refractivity contribution is 1.26. The minimum Gasteiger partial charge on any atom is -0.311 e. The van der Waals surface area contributed by atoms with Crippen molar-refractivity contribution < 1.29 is 0 Å². The summed E-state index contributed by atoms with van der Waals surface area (Å²) in [7, 11) is 0. The fourth-order valence-electron chi connectivity index (χ4n) is 6.42. The van der Waals surface area contributed by atoms with Gasteiger partial charge < -0.3 is 4.90 Å². The molecule has 0 spiro atoms. The average Bonchev–Trinajstić information content (AvgIpc) is 2.97. The Kier molecular flexibility index (Phi) is 5.05. The summed E-state index contributed by atoms with van der Waals surface area (Å²) >= 11 is 1.92. The third kappa shape index (κ3) is 3.50. The smallest absolute Gasteiger partial charge is 0.249 e. The summed E-state index contributed by atoms with van der Waals surface area (Å²) in [5, 5.41) is 2.58. The van der Waals surface area contributed by atoms with Crippen molar-refractivity contribution in [2.45, 2.75) is 23.6 Å². The van der Waals surface area contributed by atoms with Crippen LogP contribution in [0.2, 0.25) is 0 Å². The van der Waals surface area contributed by atoms with Crippen molar-refractivity contribution in [3.05, 3.63) is 132 Å². The molecule has 0 unspecified atom stereocenters. The molecule has 8 rings (SSSR count). The first-order chi connectivity index (χ1) is 19.2. The van der Waals surface area contributed by atoms with E-state index in [4.69, 9.17) is 0 Å². The van der Waals surface area contributed by atoms with E-state index < -0.39 is 0 Å². The molecule has 0 fully saturated rings. The first-order valence-electron chi connectivity index (χ1n) is 13.6. The maximum atomic E-state index is 2.46. The molecule has 3 heteroatoms. The molecule has 0 aromatic heterocycles. The summed E-state index contributed by atoms with van der Waals surface area (Å²) in [6.45, 7) is 4.57. The van der Waals surface area contributed by atoms with Crippen LogP contribution in [0, 0.1) is 13.8 Å². The van der Waals surface area contributed by atoms with Crippen LogP contribution < -0.4 is 21.3 Å². The predicted molar refractivity (Wildman–Crippen MR) is 169 cm³/mol. The largest absolute Gasteiger partial charge is 0.311 e. The lowest BCUT2D eigenvalue weighted by Gasteiger charge is -2.40. The van der Waals surface area contributed by atoms with E-state index in [9.17, 15) is 0 Å². The van der Waals surface area contributed by atoms with E-state index in [0.29, 0.717) is 0 Å². The molecule has 0 saturated carbocycles. The summed E-state index contributed by atoms with van der Waals surface area (Å²) < 4.78 is 0. The van der Waals surface area contributed by atoms with Gasteiger partial charge in [0.05, 0.1) is 0 Å². The summed E-state index contributed by atoms with van der Waals surface area (Å²) in [6.07, 6.45) is 0. The second-order valence-electron chi connectivity index (χ2n) is 10.7. The van der Waals surface area contributed by atoms with Gasteiger partial charge in [-0.1, -0.05) is 113 Å². The van der Waals surface area contributed by atoms with Crippen molar-refractivity contribution in [1.82, 2.24) is 0 Å². The van der Waals surface area contributed by atoms with Crippen LogP contribution in [0.25, 0.3) is 21.9 Å². The molecule has 39 heavy (non-hydrogen) atoms. The van der Waals surface area contributed by atoms with Crippen LogP contribution in [-0.2, 0) is 0 Å². The number of hydrogen-bond donors (Lipinski definition) is 0. The number of benzene rings is 6. The molecule has 1 nitrogen and oxygen atoms in total. The normalized spacial score (nSPS) is 13.2. The van der Waals surface area contributed by atoms with E-state index in [-0.39, 0.29) is 6.71 Å². The Morgan fingerprint density at radius 2 is 1.38 bits per heavy atom. The number of rotatable bonds is 2. The molecule has 6 aromatic carbocycles. The molecule has 0 atom stereocenters. The number of hydrogen-bond acceptors (Lipinski definition) is 2. The Hall–Kier alpha value is -4.21. The van der Waals surface area contributed by atoms with Crippen molar-refractivity contribution in [3.63, 3.8) is 0 Å². The van der Waals surface area contributed by atoms with Crippen molar-refractivity contribution >= 4 is 62.7 Å². The SMILES string of the molecule is Cc1ccc(N2c3ccc(C)cc3B3c4ccc(-c5cccc6ccccc56)cc4Sc4cccc2c43)cc1. The maximum Gasteiger partial charge on any atom is 0.249 e. The van der Waals surface area contributed by atoms with Gasteiger partial charge in [0.1, 0.15) is 0 Å². The van der Waals surface area contributed by atoms with Crippen LogP contribution in [-0.4, -0.2) is 6.71 Å². The van der Waals surface area contributed by atoms with Crippen LogP contribution in [0.5, 0.6) is 0 Å². The van der Waals surface area contributed by atoms with Crippen molar-refractivity contribution in [2.24, 2.45) is 0 Å². The number of fused-ring (bicyclic) bond motifs is 5. The van der Waals surface area contributed by atoms with Crippen molar-refractivity contribution in [3.8, 4) is 11.1 Å². The number of aryl methyl sites for hydroxylation is 2. The van der Waals surface area contributed by atoms with Crippen LogP contribution >= 0.6 is 11.8 Å². The average molecular weight is 515 g/mol. The zero-order valence-electron chi connectivity index (χ0n) is 22.0. The van der Waals surface area contributed by atoms with E-state index in [1.807, 2.05) is 11.8 Å². The lowest BCUT2D eigenvalue weighted by Crippen LogP contribution is -2.59. The first-order valence-corrected chi connectivity index (χ1v) is 14.4. The van der Waals surface area contributed by atoms with Gasteiger partial charge >= 0.3 is 0 Å². The molecule has 0 saturated heterocycles. The van der Waals surface area contributed by atoms with Gasteiger partial charge in [-0.15, -0.1) is 0 Å². The molecule has 0 radical (unpaired) electrons. The molecular weight excluding hydrogens is 489 g/mol.